The van der Waals surface area contributed by atoms with Crippen molar-refractivity contribution in [3.8, 4) is 0 Å². The van der Waals surface area contributed by atoms with E-state index in [0.717, 1.165) is 13.1 Å². The van der Waals surface area contributed by atoms with Crippen molar-refractivity contribution in [2.45, 2.75) is 13.0 Å². The molecule has 6 nitrogen and oxygen atoms in total. The molecule has 2 heterocycles. The number of aromatic amines is 1. The van der Waals surface area contributed by atoms with Gasteiger partial charge in [0.05, 0.1) is 6.04 Å². The Kier molecular flexibility index (Phi) is 1.97. The van der Waals surface area contributed by atoms with Crippen molar-refractivity contribution in [3.63, 3.8) is 0 Å². The average Bonchev–Trinajstić information content (AvgIpc) is 2.44. The molecule has 3 N–H and O–H groups in total. The van der Waals surface area contributed by atoms with Crippen LogP contribution < -0.4 is 10.6 Å². The first-order valence-electron chi connectivity index (χ1n) is 4.16. The Balaban J connectivity index is 1.96. The van der Waals surface area contributed by atoms with Gasteiger partial charge >= 0.3 is 0 Å². The lowest BCUT2D eigenvalue weighted by atomic mass is 10.2. The fraction of sp³-hybridized carbons (Fsp3) is 0.571. The zero-order valence-corrected chi connectivity index (χ0v) is 7.29. The Morgan fingerprint density at radius 3 is 2.85 bits per heavy atom. The van der Waals surface area contributed by atoms with Gasteiger partial charge in [0.1, 0.15) is 5.82 Å². The van der Waals surface area contributed by atoms with Gasteiger partial charge in [0, 0.05) is 13.1 Å². The highest BCUT2D eigenvalue weighted by atomic mass is 16.2. The molecule has 0 aliphatic carbocycles. The summed E-state index contributed by atoms with van der Waals surface area (Å²) in [6.07, 6.45) is 0. The van der Waals surface area contributed by atoms with Gasteiger partial charge in [-0.2, -0.15) is 0 Å². The summed E-state index contributed by atoms with van der Waals surface area (Å²) in [6.45, 7) is 3.42. The topological polar surface area (TPSA) is 82.7 Å². The van der Waals surface area contributed by atoms with Crippen LogP contribution in [0.15, 0.2) is 0 Å². The van der Waals surface area contributed by atoms with Crippen molar-refractivity contribution in [2.75, 3.05) is 13.1 Å². The summed E-state index contributed by atoms with van der Waals surface area (Å²) in [6, 6.07) is 0.228. The second kappa shape index (κ2) is 3.14. The Labute approximate surface area is 75.1 Å². The highest BCUT2D eigenvalue weighted by Gasteiger charge is 2.21. The molecule has 1 saturated heterocycles. The molecule has 1 aliphatic rings. The minimum atomic E-state index is -0.212. The maximum absolute atomic E-state index is 11.4. The second-order valence-electron chi connectivity index (χ2n) is 3.07. The molecular formula is C7H11N5O. The summed E-state index contributed by atoms with van der Waals surface area (Å²) >= 11 is 0. The molecule has 0 bridgehead atoms. The number of rotatable bonds is 2. The summed E-state index contributed by atoms with van der Waals surface area (Å²) < 4.78 is 0. The first-order valence-corrected chi connectivity index (χ1v) is 4.16. The third-order valence-electron chi connectivity index (χ3n) is 1.92. The molecule has 0 spiro atoms. The number of H-pyrrole nitrogens is 1. The molecule has 13 heavy (non-hydrogen) atoms. The summed E-state index contributed by atoms with van der Waals surface area (Å²) in [5.41, 5.74) is 0. The van der Waals surface area contributed by atoms with Gasteiger partial charge in [0.15, 0.2) is 0 Å². The highest BCUT2D eigenvalue weighted by Crippen LogP contribution is 1.95. The molecule has 0 unspecified atom stereocenters. The molecule has 0 aromatic carbocycles. The maximum atomic E-state index is 11.4. The van der Waals surface area contributed by atoms with Crippen molar-refractivity contribution < 1.29 is 4.79 Å². The van der Waals surface area contributed by atoms with Crippen LogP contribution in [0.4, 0.5) is 0 Å². The third-order valence-corrected chi connectivity index (χ3v) is 1.92. The number of aryl methyl sites for hydroxylation is 1. The van der Waals surface area contributed by atoms with Crippen LogP contribution in [0.5, 0.6) is 0 Å². The third kappa shape index (κ3) is 1.67. The minimum absolute atomic E-state index is 0.212. The molecule has 1 aromatic heterocycles. The summed E-state index contributed by atoms with van der Waals surface area (Å²) in [4.78, 5) is 15.3. The standard InChI is InChI=1S/C7H11N5O/c1-4-9-6(12-11-4)7(13)10-5-2-8-3-5/h5,8H,2-3H2,1H3,(H,10,13)(H,9,11,12). The molecule has 0 saturated carbocycles. The molecule has 6 heteroatoms. The number of hydrogen-bond donors (Lipinski definition) is 3. The van der Waals surface area contributed by atoms with E-state index < -0.39 is 0 Å². The van der Waals surface area contributed by atoms with Gasteiger partial charge < -0.3 is 10.6 Å². The predicted octanol–water partition coefficient (Wildman–Crippen LogP) is -1.19. The molecule has 0 atom stereocenters. The van der Waals surface area contributed by atoms with Crippen molar-refractivity contribution >= 4 is 5.91 Å². The van der Waals surface area contributed by atoms with E-state index in [4.69, 9.17) is 0 Å². The second-order valence-corrected chi connectivity index (χ2v) is 3.07. The van der Waals surface area contributed by atoms with E-state index in [2.05, 4.69) is 25.8 Å². The Morgan fingerprint density at radius 1 is 1.62 bits per heavy atom. The van der Waals surface area contributed by atoms with E-state index in [1.165, 1.54) is 0 Å². The predicted molar refractivity (Wildman–Crippen MR) is 45.2 cm³/mol. The normalized spacial score (nSPS) is 16.7. The zero-order valence-electron chi connectivity index (χ0n) is 7.29. The fourth-order valence-corrected chi connectivity index (χ4v) is 1.08. The lowest BCUT2D eigenvalue weighted by Crippen LogP contribution is -2.57. The maximum Gasteiger partial charge on any atom is 0.291 e. The molecule has 1 aromatic rings. The van der Waals surface area contributed by atoms with Gasteiger partial charge in [0.25, 0.3) is 5.91 Å². The number of aromatic nitrogens is 3. The summed E-state index contributed by atoms with van der Waals surface area (Å²) in [5, 5.41) is 12.2. The van der Waals surface area contributed by atoms with Crippen LogP contribution in [0.2, 0.25) is 0 Å². The smallest absolute Gasteiger partial charge is 0.291 e. The molecule has 1 amide bonds. The highest BCUT2D eigenvalue weighted by molar-refractivity contribution is 5.90. The molecule has 1 fully saturated rings. The van der Waals surface area contributed by atoms with Crippen molar-refractivity contribution in [1.82, 2.24) is 25.8 Å². The van der Waals surface area contributed by atoms with E-state index in [9.17, 15) is 4.79 Å². The number of nitrogens with zero attached hydrogens (tertiary/aromatic N) is 2. The molecule has 2 rings (SSSR count). The first-order chi connectivity index (χ1) is 6.25. The van der Waals surface area contributed by atoms with Crippen LogP contribution in [0.1, 0.15) is 16.4 Å². The summed E-state index contributed by atoms with van der Waals surface area (Å²) in [7, 11) is 0. The largest absolute Gasteiger partial charge is 0.344 e. The van der Waals surface area contributed by atoms with Crippen LogP contribution in [0, 0.1) is 6.92 Å². The Hall–Kier alpha value is -1.43. The average molecular weight is 181 g/mol. The van der Waals surface area contributed by atoms with Gasteiger partial charge in [-0.3, -0.25) is 9.89 Å². The zero-order chi connectivity index (χ0) is 9.26. The monoisotopic (exact) mass is 181 g/mol. The van der Waals surface area contributed by atoms with E-state index in [0.29, 0.717) is 5.82 Å². The van der Waals surface area contributed by atoms with Gasteiger partial charge in [-0.1, -0.05) is 0 Å². The first kappa shape index (κ1) is 8.18. The van der Waals surface area contributed by atoms with E-state index >= 15 is 0 Å². The van der Waals surface area contributed by atoms with Gasteiger partial charge in [-0.25, -0.2) is 4.98 Å². The van der Waals surface area contributed by atoms with Gasteiger partial charge in [-0.05, 0) is 6.92 Å². The molecular weight excluding hydrogens is 170 g/mol. The van der Waals surface area contributed by atoms with Crippen molar-refractivity contribution in [3.05, 3.63) is 11.6 Å². The quantitative estimate of drug-likeness (QED) is 0.536. The van der Waals surface area contributed by atoms with Crippen molar-refractivity contribution in [1.29, 1.82) is 0 Å². The minimum Gasteiger partial charge on any atom is -0.344 e. The number of carbonyl (C=O) groups excluding carboxylic acids is 1. The van der Waals surface area contributed by atoms with Crippen molar-refractivity contribution in [2.24, 2.45) is 0 Å². The number of nitrogens with one attached hydrogen (secondary N) is 3. The lowest BCUT2D eigenvalue weighted by Gasteiger charge is -2.27. The van der Waals surface area contributed by atoms with Gasteiger partial charge in [-0.15, -0.1) is 5.10 Å². The molecule has 70 valence electrons. The van der Waals surface area contributed by atoms with Crippen LogP contribution in [0.25, 0.3) is 0 Å². The van der Waals surface area contributed by atoms with Crippen LogP contribution in [0.3, 0.4) is 0 Å². The Bertz CT molecular complexity index is 316. The van der Waals surface area contributed by atoms with Crippen LogP contribution in [-0.4, -0.2) is 40.2 Å². The van der Waals surface area contributed by atoms with Crippen LogP contribution >= 0.6 is 0 Å². The van der Waals surface area contributed by atoms with Crippen LogP contribution in [-0.2, 0) is 0 Å². The van der Waals surface area contributed by atoms with E-state index in [1.807, 2.05) is 0 Å². The number of hydrogen-bond acceptors (Lipinski definition) is 4. The Morgan fingerprint density at radius 2 is 2.38 bits per heavy atom. The number of carbonyl (C=O) groups is 1. The number of amides is 1. The van der Waals surface area contributed by atoms with E-state index in [-0.39, 0.29) is 17.8 Å². The summed E-state index contributed by atoms with van der Waals surface area (Å²) in [5.74, 6) is 0.650. The molecule has 0 radical (unpaired) electrons. The SMILES string of the molecule is Cc1nc(C(=O)NC2CNC2)n[nH]1. The lowest BCUT2D eigenvalue weighted by molar-refractivity contribution is 0.0913. The van der Waals surface area contributed by atoms with Gasteiger partial charge in [0.2, 0.25) is 5.82 Å². The molecule has 1 aliphatic heterocycles. The van der Waals surface area contributed by atoms with E-state index in [1.54, 1.807) is 6.92 Å². The fourth-order valence-electron chi connectivity index (χ4n) is 1.08.